The molecule has 0 saturated heterocycles. The van der Waals surface area contributed by atoms with Crippen LogP contribution in [0, 0.1) is 5.82 Å². The fraction of sp³-hybridized carbons (Fsp3) is 0.333. The van der Waals surface area contributed by atoms with Crippen molar-refractivity contribution in [3.63, 3.8) is 0 Å². The first kappa shape index (κ1) is 21.3. The molecule has 136 valence electrons. The maximum absolute atomic E-state index is 13.1. The molecule has 25 heavy (non-hydrogen) atoms. The van der Waals surface area contributed by atoms with Gasteiger partial charge in [0.15, 0.2) is 5.96 Å². The van der Waals surface area contributed by atoms with Crippen LogP contribution in [0.4, 0.5) is 4.39 Å². The zero-order chi connectivity index (χ0) is 17.4. The number of halogens is 2. The van der Waals surface area contributed by atoms with E-state index in [4.69, 9.17) is 0 Å². The molecule has 2 rings (SSSR count). The van der Waals surface area contributed by atoms with Gasteiger partial charge >= 0.3 is 0 Å². The Morgan fingerprint density at radius 1 is 1.16 bits per heavy atom. The Bertz CT molecular complexity index is 646. The lowest BCUT2D eigenvalue weighted by Crippen LogP contribution is -2.41. The third-order valence-electron chi connectivity index (χ3n) is 3.73. The number of nitrogens with zero attached hydrogens (tertiary/aromatic N) is 3. The van der Waals surface area contributed by atoms with Gasteiger partial charge in [-0.25, -0.2) is 4.39 Å². The minimum Gasteiger partial charge on any atom is -0.354 e. The number of benzene rings is 1. The first-order valence-electron chi connectivity index (χ1n) is 7.86. The Morgan fingerprint density at radius 2 is 1.88 bits per heavy atom. The highest BCUT2D eigenvalue weighted by Gasteiger charge is 2.14. The van der Waals surface area contributed by atoms with E-state index in [1.807, 2.05) is 44.4 Å². The summed E-state index contributed by atoms with van der Waals surface area (Å²) in [4.78, 5) is 10.6. The summed E-state index contributed by atoms with van der Waals surface area (Å²) in [6, 6.07) is 12.5. The van der Waals surface area contributed by atoms with E-state index < -0.39 is 0 Å². The van der Waals surface area contributed by atoms with Gasteiger partial charge in [0.2, 0.25) is 0 Å². The van der Waals surface area contributed by atoms with E-state index in [-0.39, 0.29) is 35.8 Å². The molecule has 0 fully saturated rings. The first-order valence-corrected chi connectivity index (χ1v) is 7.86. The second-order valence-electron chi connectivity index (χ2n) is 5.66. The van der Waals surface area contributed by atoms with Crippen molar-refractivity contribution in [2.75, 3.05) is 27.7 Å². The molecule has 0 aliphatic carbocycles. The zero-order valence-electron chi connectivity index (χ0n) is 14.7. The molecule has 0 aliphatic rings. The molecule has 1 heterocycles. The van der Waals surface area contributed by atoms with Crippen LogP contribution in [-0.4, -0.2) is 43.5 Å². The van der Waals surface area contributed by atoms with Crippen molar-refractivity contribution in [2.24, 2.45) is 4.99 Å². The van der Waals surface area contributed by atoms with Gasteiger partial charge in [0.1, 0.15) is 5.82 Å². The minimum absolute atomic E-state index is 0. The van der Waals surface area contributed by atoms with Crippen molar-refractivity contribution in [2.45, 2.75) is 12.6 Å². The monoisotopic (exact) mass is 457 g/mol. The van der Waals surface area contributed by atoms with Crippen molar-refractivity contribution in [1.29, 1.82) is 0 Å². The van der Waals surface area contributed by atoms with Crippen LogP contribution in [-0.2, 0) is 6.54 Å². The lowest BCUT2D eigenvalue weighted by molar-refractivity contribution is 0.298. The Labute approximate surface area is 165 Å². The van der Waals surface area contributed by atoms with E-state index in [9.17, 15) is 4.39 Å². The number of pyridine rings is 1. The second kappa shape index (κ2) is 11.0. The molecule has 0 bridgehead atoms. The minimum atomic E-state index is -0.225. The fourth-order valence-corrected chi connectivity index (χ4v) is 2.37. The SMILES string of the molecule is CN=C(NCc1ccccn1)NCC(c1ccc(F)cc1)N(C)C.I. The van der Waals surface area contributed by atoms with Crippen LogP contribution in [0.3, 0.4) is 0 Å². The molecule has 5 nitrogen and oxygen atoms in total. The molecule has 1 unspecified atom stereocenters. The Hall–Kier alpha value is -1.74. The van der Waals surface area contributed by atoms with E-state index in [1.165, 1.54) is 12.1 Å². The van der Waals surface area contributed by atoms with Crippen LogP contribution in [0.1, 0.15) is 17.3 Å². The molecule has 1 aromatic heterocycles. The van der Waals surface area contributed by atoms with Gasteiger partial charge in [0, 0.05) is 19.8 Å². The molecule has 0 saturated carbocycles. The van der Waals surface area contributed by atoms with Crippen LogP contribution in [0.5, 0.6) is 0 Å². The number of nitrogens with one attached hydrogen (secondary N) is 2. The first-order chi connectivity index (χ1) is 11.6. The number of hydrogen-bond donors (Lipinski definition) is 2. The summed E-state index contributed by atoms with van der Waals surface area (Å²) in [6.07, 6.45) is 1.77. The van der Waals surface area contributed by atoms with Crippen molar-refractivity contribution in [3.8, 4) is 0 Å². The third kappa shape index (κ3) is 6.95. The molecule has 0 spiro atoms. The fourth-order valence-electron chi connectivity index (χ4n) is 2.37. The molecular formula is C18H25FIN5. The summed E-state index contributed by atoms with van der Waals surface area (Å²) in [7, 11) is 5.73. The van der Waals surface area contributed by atoms with E-state index in [2.05, 4.69) is 25.5 Å². The van der Waals surface area contributed by atoms with Crippen molar-refractivity contribution in [3.05, 3.63) is 65.7 Å². The normalized spacial score (nSPS) is 12.4. The van der Waals surface area contributed by atoms with E-state index in [0.717, 1.165) is 11.3 Å². The number of rotatable bonds is 6. The maximum atomic E-state index is 13.1. The Balaban J connectivity index is 0.00000312. The van der Waals surface area contributed by atoms with Gasteiger partial charge in [-0.1, -0.05) is 18.2 Å². The maximum Gasteiger partial charge on any atom is 0.191 e. The van der Waals surface area contributed by atoms with Gasteiger partial charge < -0.3 is 15.5 Å². The summed E-state index contributed by atoms with van der Waals surface area (Å²) in [5.41, 5.74) is 2.00. The molecule has 0 amide bonds. The molecule has 0 radical (unpaired) electrons. The zero-order valence-corrected chi connectivity index (χ0v) is 17.1. The molecule has 1 aromatic carbocycles. The summed E-state index contributed by atoms with van der Waals surface area (Å²) in [6.45, 7) is 1.25. The van der Waals surface area contributed by atoms with Gasteiger partial charge in [-0.15, -0.1) is 24.0 Å². The molecule has 1 atom stereocenters. The summed E-state index contributed by atoms with van der Waals surface area (Å²) in [5.74, 6) is 0.478. The second-order valence-corrected chi connectivity index (χ2v) is 5.66. The van der Waals surface area contributed by atoms with Crippen molar-refractivity contribution >= 4 is 29.9 Å². The number of hydrogen-bond acceptors (Lipinski definition) is 3. The molecular weight excluding hydrogens is 432 g/mol. The highest BCUT2D eigenvalue weighted by Crippen LogP contribution is 2.17. The van der Waals surface area contributed by atoms with Crippen LogP contribution < -0.4 is 10.6 Å². The molecule has 2 aromatic rings. The van der Waals surface area contributed by atoms with E-state index in [0.29, 0.717) is 19.0 Å². The molecule has 7 heteroatoms. The van der Waals surface area contributed by atoms with Gasteiger partial charge in [0.05, 0.1) is 18.3 Å². The van der Waals surface area contributed by atoms with Crippen LogP contribution in [0.25, 0.3) is 0 Å². The largest absolute Gasteiger partial charge is 0.354 e. The predicted octanol–water partition coefficient (Wildman–Crippen LogP) is 2.81. The highest BCUT2D eigenvalue weighted by molar-refractivity contribution is 14.0. The lowest BCUT2D eigenvalue weighted by Gasteiger charge is -2.26. The topological polar surface area (TPSA) is 52.6 Å². The Kier molecular flexibility index (Phi) is 9.36. The number of guanidine groups is 1. The summed E-state index contributed by atoms with van der Waals surface area (Å²) >= 11 is 0. The third-order valence-corrected chi connectivity index (χ3v) is 3.73. The summed E-state index contributed by atoms with van der Waals surface area (Å²) in [5, 5.41) is 6.55. The van der Waals surface area contributed by atoms with Crippen LogP contribution in [0.15, 0.2) is 53.7 Å². The van der Waals surface area contributed by atoms with Gasteiger partial charge in [-0.3, -0.25) is 9.98 Å². The van der Waals surface area contributed by atoms with E-state index in [1.54, 1.807) is 13.2 Å². The number of aliphatic imine (C=N–C) groups is 1. The van der Waals surface area contributed by atoms with Crippen molar-refractivity contribution in [1.82, 2.24) is 20.5 Å². The Morgan fingerprint density at radius 3 is 2.44 bits per heavy atom. The molecule has 0 aliphatic heterocycles. The van der Waals surface area contributed by atoms with Crippen molar-refractivity contribution < 1.29 is 4.39 Å². The standard InChI is InChI=1S/C18H24FN5.HI/c1-20-18(22-12-16-6-4-5-11-21-16)23-13-17(24(2)3)14-7-9-15(19)10-8-14;/h4-11,17H,12-13H2,1-3H3,(H2,20,22,23);1H. The average Bonchev–Trinajstić information content (AvgIpc) is 2.60. The number of aromatic nitrogens is 1. The van der Waals surface area contributed by atoms with Gasteiger partial charge in [-0.05, 0) is 43.9 Å². The molecule has 2 N–H and O–H groups in total. The van der Waals surface area contributed by atoms with Crippen LogP contribution >= 0.6 is 24.0 Å². The lowest BCUT2D eigenvalue weighted by atomic mass is 10.1. The van der Waals surface area contributed by atoms with Crippen LogP contribution in [0.2, 0.25) is 0 Å². The smallest absolute Gasteiger partial charge is 0.191 e. The van der Waals surface area contributed by atoms with Gasteiger partial charge in [0.25, 0.3) is 0 Å². The number of likely N-dealkylation sites (N-methyl/N-ethyl adjacent to an activating group) is 1. The van der Waals surface area contributed by atoms with E-state index >= 15 is 0 Å². The highest BCUT2D eigenvalue weighted by atomic mass is 127. The summed E-state index contributed by atoms with van der Waals surface area (Å²) < 4.78 is 13.1. The predicted molar refractivity (Wildman–Crippen MR) is 111 cm³/mol. The quantitative estimate of drug-likeness (QED) is 0.398. The van der Waals surface area contributed by atoms with Gasteiger partial charge in [-0.2, -0.15) is 0 Å². The average molecular weight is 457 g/mol.